The number of nitrogens with zero attached hydrogens (tertiary/aromatic N) is 2. The Morgan fingerprint density at radius 3 is 2.50 bits per heavy atom. The summed E-state index contributed by atoms with van der Waals surface area (Å²) in [5.41, 5.74) is 1.58. The van der Waals surface area contributed by atoms with Crippen molar-refractivity contribution < 1.29 is 19.0 Å². The number of methoxy groups -OCH3 is 3. The molecular weight excluding hydrogens is 382 g/mol. The first-order valence-electron chi connectivity index (χ1n) is 9.38. The van der Waals surface area contributed by atoms with Gasteiger partial charge in [0.15, 0.2) is 0 Å². The standard InChI is InChI=1S/C23H25N3O4/c1-26-14-13-24-23(26)22(18-7-5-6-8-19(18)29-3)25-21(27)12-10-16-9-11-17(28-2)15-20(16)30-4/h5-15,22H,1-4H3,(H,25,27)/b12-10+. The van der Waals surface area contributed by atoms with Gasteiger partial charge in [-0.2, -0.15) is 0 Å². The van der Waals surface area contributed by atoms with E-state index in [-0.39, 0.29) is 5.91 Å². The highest BCUT2D eigenvalue weighted by atomic mass is 16.5. The van der Waals surface area contributed by atoms with Crippen molar-refractivity contribution >= 4 is 12.0 Å². The van der Waals surface area contributed by atoms with E-state index in [1.807, 2.05) is 54.2 Å². The molecule has 0 saturated carbocycles. The minimum atomic E-state index is -0.476. The number of hydrogen-bond donors (Lipinski definition) is 1. The second-order valence-corrected chi connectivity index (χ2v) is 6.52. The Labute approximate surface area is 175 Å². The van der Waals surface area contributed by atoms with Crippen molar-refractivity contribution in [2.75, 3.05) is 21.3 Å². The van der Waals surface area contributed by atoms with Crippen molar-refractivity contribution in [3.8, 4) is 17.2 Å². The number of ether oxygens (including phenoxy) is 3. The molecule has 7 nitrogen and oxygen atoms in total. The van der Waals surface area contributed by atoms with Crippen LogP contribution < -0.4 is 19.5 Å². The molecule has 156 valence electrons. The molecule has 0 saturated heterocycles. The van der Waals surface area contributed by atoms with E-state index in [0.717, 1.165) is 11.1 Å². The maximum Gasteiger partial charge on any atom is 0.244 e. The highest BCUT2D eigenvalue weighted by Gasteiger charge is 2.23. The SMILES string of the molecule is COc1ccc(/C=C/C(=O)NC(c2ccccc2OC)c2nccn2C)c(OC)c1. The normalized spacial score (nSPS) is 11.9. The van der Waals surface area contributed by atoms with E-state index in [1.165, 1.54) is 6.08 Å². The van der Waals surface area contributed by atoms with Crippen molar-refractivity contribution in [2.24, 2.45) is 7.05 Å². The summed E-state index contributed by atoms with van der Waals surface area (Å²) in [6.45, 7) is 0. The number of para-hydroxylation sites is 1. The maximum atomic E-state index is 12.8. The Morgan fingerprint density at radius 2 is 1.83 bits per heavy atom. The van der Waals surface area contributed by atoms with Crippen LogP contribution in [0.4, 0.5) is 0 Å². The molecule has 2 aromatic carbocycles. The molecule has 1 N–H and O–H groups in total. The molecule has 3 aromatic rings. The monoisotopic (exact) mass is 407 g/mol. The van der Waals surface area contributed by atoms with Crippen LogP contribution in [0.1, 0.15) is 23.0 Å². The lowest BCUT2D eigenvalue weighted by atomic mass is 10.0. The topological polar surface area (TPSA) is 74.6 Å². The van der Waals surface area contributed by atoms with Crippen molar-refractivity contribution in [3.63, 3.8) is 0 Å². The van der Waals surface area contributed by atoms with Gasteiger partial charge < -0.3 is 24.1 Å². The van der Waals surface area contributed by atoms with Crippen LogP contribution in [0.15, 0.2) is 60.9 Å². The third kappa shape index (κ3) is 4.63. The minimum absolute atomic E-state index is 0.272. The van der Waals surface area contributed by atoms with Gasteiger partial charge in [-0.05, 0) is 24.3 Å². The molecule has 1 heterocycles. The number of hydrogen-bond acceptors (Lipinski definition) is 5. The van der Waals surface area contributed by atoms with Crippen LogP contribution >= 0.6 is 0 Å². The van der Waals surface area contributed by atoms with Gasteiger partial charge in [0.05, 0.1) is 21.3 Å². The van der Waals surface area contributed by atoms with E-state index in [2.05, 4.69) is 10.3 Å². The number of aromatic nitrogens is 2. The average molecular weight is 407 g/mol. The maximum absolute atomic E-state index is 12.8. The van der Waals surface area contributed by atoms with Gasteiger partial charge in [0.25, 0.3) is 0 Å². The molecule has 0 spiro atoms. The first-order chi connectivity index (χ1) is 14.6. The van der Waals surface area contributed by atoms with Crippen LogP contribution in [0.5, 0.6) is 17.2 Å². The number of carbonyl (C=O) groups excluding carboxylic acids is 1. The van der Waals surface area contributed by atoms with Gasteiger partial charge in [-0.25, -0.2) is 4.98 Å². The summed E-state index contributed by atoms with van der Waals surface area (Å²) in [5, 5.41) is 3.03. The van der Waals surface area contributed by atoms with Crippen LogP contribution in [-0.4, -0.2) is 36.8 Å². The predicted molar refractivity (Wildman–Crippen MR) is 115 cm³/mol. The van der Waals surface area contributed by atoms with Gasteiger partial charge in [-0.3, -0.25) is 4.79 Å². The zero-order valence-electron chi connectivity index (χ0n) is 17.5. The quantitative estimate of drug-likeness (QED) is 0.580. The molecule has 0 aliphatic rings. The Hall–Kier alpha value is -3.74. The molecule has 1 atom stereocenters. The summed E-state index contributed by atoms with van der Waals surface area (Å²) < 4.78 is 18.0. The summed E-state index contributed by atoms with van der Waals surface area (Å²) in [6.07, 6.45) is 6.70. The number of nitrogens with one attached hydrogen (secondary N) is 1. The van der Waals surface area contributed by atoms with Crippen LogP contribution in [-0.2, 0) is 11.8 Å². The molecule has 0 bridgehead atoms. The molecule has 1 aromatic heterocycles. The van der Waals surface area contributed by atoms with E-state index in [0.29, 0.717) is 23.1 Å². The summed E-state index contributed by atoms with van der Waals surface area (Å²) in [7, 11) is 6.65. The summed E-state index contributed by atoms with van der Waals surface area (Å²) in [5.74, 6) is 2.39. The lowest BCUT2D eigenvalue weighted by molar-refractivity contribution is -0.117. The molecule has 1 amide bonds. The molecule has 1 unspecified atom stereocenters. The van der Waals surface area contributed by atoms with E-state index in [9.17, 15) is 4.79 Å². The smallest absolute Gasteiger partial charge is 0.244 e. The van der Waals surface area contributed by atoms with Crippen LogP contribution in [0, 0.1) is 0 Å². The van der Waals surface area contributed by atoms with Gasteiger partial charge >= 0.3 is 0 Å². The second-order valence-electron chi connectivity index (χ2n) is 6.52. The fraction of sp³-hybridized carbons (Fsp3) is 0.217. The zero-order valence-corrected chi connectivity index (χ0v) is 17.5. The molecular formula is C23H25N3O4. The van der Waals surface area contributed by atoms with E-state index >= 15 is 0 Å². The fourth-order valence-corrected chi connectivity index (χ4v) is 3.15. The molecule has 3 rings (SSSR count). The third-order valence-corrected chi connectivity index (χ3v) is 4.71. The first-order valence-corrected chi connectivity index (χ1v) is 9.38. The number of rotatable bonds is 8. The largest absolute Gasteiger partial charge is 0.497 e. The van der Waals surface area contributed by atoms with Gasteiger partial charge in [0.2, 0.25) is 5.91 Å². The van der Waals surface area contributed by atoms with Crippen molar-refractivity contribution in [3.05, 3.63) is 77.9 Å². The Kier molecular flexibility index (Phi) is 6.75. The average Bonchev–Trinajstić information content (AvgIpc) is 3.21. The van der Waals surface area contributed by atoms with Gasteiger partial charge in [0, 0.05) is 42.7 Å². The van der Waals surface area contributed by atoms with E-state index < -0.39 is 6.04 Å². The third-order valence-electron chi connectivity index (χ3n) is 4.71. The van der Waals surface area contributed by atoms with Gasteiger partial charge in [-0.15, -0.1) is 0 Å². The van der Waals surface area contributed by atoms with Crippen molar-refractivity contribution in [1.82, 2.24) is 14.9 Å². The number of benzene rings is 2. The minimum Gasteiger partial charge on any atom is -0.497 e. The Bertz CT molecular complexity index is 1040. The molecule has 0 radical (unpaired) electrons. The summed E-state index contributed by atoms with van der Waals surface area (Å²) in [4.78, 5) is 17.2. The molecule has 0 aliphatic heterocycles. The summed E-state index contributed by atoms with van der Waals surface area (Å²) >= 11 is 0. The molecule has 0 fully saturated rings. The van der Waals surface area contributed by atoms with E-state index in [4.69, 9.17) is 14.2 Å². The lowest BCUT2D eigenvalue weighted by Crippen LogP contribution is -2.30. The first kappa shape index (κ1) is 21.0. The fourth-order valence-electron chi connectivity index (χ4n) is 3.15. The van der Waals surface area contributed by atoms with Crippen LogP contribution in [0.2, 0.25) is 0 Å². The summed E-state index contributed by atoms with van der Waals surface area (Å²) in [6, 6.07) is 12.5. The second kappa shape index (κ2) is 9.65. The number of aryl methyl sites for hydroxylation is 1. The number of imidazole rings is 1. The highest BCUT2D eigenvalue weighted by Crippen LogP contribution is 2.29. The Balaban J connectivity index is 1.88. The van der Waals surface area contributed by atoms with Crippen LogP contribution in [0.25, 0.3) is 6.08 Å². The lowest BCUT2D eigenvalue weighted by Gasteiger charge is -2.20. The predicted octanol–water partition coefficient (Wildman–Crippen LogP) is 3.36. The van der Waals surface area contributed by atoms with Gasteiger partial charge in [0.1, 0.15) is 29.1 Å². The number of carbonyl (C=O) groups is 1. The van der Waals surface area contributed by atoms with Crippen LogP contribution in [0.3, 0.4) is 0 Å². The van der Waals surface area contributed by atoms with E-state index in [1.54, 1.807) is 39.7 Å². The molecule has 7 heteroatoms. The number of amides is 1. The Morgan fingerprint density at radius 1 is 1.07 bits per heavy atom. The highest BCUT2D eigenvalue weighted by molar-refractivity contribution is 5.92. The van der Waals surface area contributed by atoms with Gasteiger partial charge in [-0.1, -0.05) is 18.2 Å². The molecule has 0 aliphatic carbocycles. The zero-order chi connectivity index (χ0) is 21.5. The van der Waals surface area contributed by atoms with Crippen molar-refractivity contribution in [1.29, 1.82) is 0 Å². The molecule has 30 heavy (non-hydrogen) atoms. The van der Waals surface area contributed by atoms with Crippen molar-refractivity contribution in [2.45, 2.75) is 6.04 Å².